The molecule has 2 aromatic carbocycles. The summed E-state index contributed by atoms with van der Waals surface area (Å²) in [6.07, 6.45) is 0. The summed E-state index contributed by atoms with van der Waals surface area (Å²) in [5.41, 5.74) is 1.22. The zero-order chi connectivity index (χ0) is 18.4. The number of thioether (sulfide) groups is 1. The van der Waals surface area contributed by atoms with Crippen LogP contribution in [0.4, 0.5) is 8.78 Å². The number of likely N-dealkylation sites (N-methyl/N-ethyl adjacent to an activating group) is 1. The van der Waals surface area contributed by atoms with Crippen LogP contribution in [0.5, 0.6) is 0 Å². The van der Waals surface area contributed by atoms with Crippen LogP contribution in [0.15, 0.2) is 47.4 Å². The molecule has 25 heavy (non-hydrogen) atoms. The quantitative estimate of drug-likeness (QED) is 0.775. The average molecular weight is 364 g/mol. The van der Waals surface area contributed by atoms with Crippen molar-refractivity contribution in [1.29, 1.82) is 0 Å². The molecule has 0 aliphatic carbocycles. The molecule has 0 fully saturated rings. The summed E-state index contributed by atoms with van der Waals surface area (Å²) in [7, 11) is 1.41. The summed E-state index contributed by atoms with van der Waals surface area (Å²) in [6.45, 7) is 1.94. The number of carbonyl (C=O) groups is 2. The second-order valence-corrected chi connectivity index (χ2v) is 6.36. The summed E-state index contributed by atoms with van der Waals surface area (Å²) in [5.74, 6) is -2.88. The number of halogens is 2. The SMILES string of the molecule is CNC(=O)C(NC(=O)CSc1ccccc1C)c1ccc(F)c(F)c1. The summed E-state index contributed by atoms with van der Waals surface area (Å²) in [6, 6.07) is 9.64. The molecule has 0 spiro atoms. The van der Waals surface area contributed by atoms with Gasteiger partial charge in [-0.1, -0.05) is 24.3 Å². The largest absolute Gasteiger partial charge is 0.357 e. The van der Waals surface area contributed by atoms with Gasteiger partial charge in [0.25, 0.3) is 0 Å². The maximum atomic E-state index is 13.4. The number of aryl methyl sites for hydroxylation is 1. The molecule has 2 N–H and O–H groups in total. The zero-order valence-corrected chi connectivity index (χ0v) is 14.6. The Kier molecular flexibility index (Phi) is 6.52. The Labute approximate surface area is 149 Å². The van der Waals surface area contributed by atoms with Crippen LogP contribution < -0.4 is 10.6 Å². The maximum absolute atomic E-state index is 13.4. The number of carbonyl (C=O) groups excluding carboxylic acids is 2. The van der Waals surface area contributed by atoms with Gasteiger partial charge in [-0.25, -0.2) is 8.78 Å². The molecule has 1 unspecified atom stereocenters. The third-order valence-electron chi connectivity index (χ3n) is 3.54. The van der Waals surface area contributed by atoms with Crippen molar-refractivity contribution in [3.05, 3.63) is 65.2 Å². The lowest BCUT2D eigenvalue weighted by atomic mass is 10.1. The molecular formula is C18H18F2N2O2S. The first kappa shape index (κ1) is 18.9. The van der Waals surface area contributed by atoms with Crippen molar-refractivity contribution in [3.63, 3.8) is 0 Å². The van der Waals surface area contributed by atoms with E-state index in [2.05, 4.69) is 10.6 Å². The van der Waals surface area contributed by atoms with Gasteiger partial charge in [0.2, 0.25) is 11.8 Å². The Morgan fingerprint density at radius 2 is 1.84 bits per heavy atom. The Hall–Kier alpha value is -2.41. The third-order valence-corrected chi connectivity index (χ3v) is 4.72. The molecule has 0 saturated heterocycles. The minimum atomic E-state index is -1.09. The van der Waals surface area contributed by atoms with Crippen LogP contribution in [0.2, 0.25) is 0 Å². The Bertz CT molecular complexity index is 783. The fourth-order valence-corrected chi connectivity index (χ4v) is 3.04. The standard InChI is InChI=1S/C18H18F2N2O2S/c1-11-5-3-4-6-15(11)25-10-16(23)22-17(18(24)21-2)12-7-8-13(19)14(20)9-12/h3-9,17H,10H2,1-2H3,(H,21,24)(H,22,23). The summed E-state index contributed by atoms with van der Waals surface area (Å²) in [4.78, 5) is 25.2. The fraction of sp³-hybridized carbons (Fsp3) is 0.222. The Morgan fingerprint density at radius 3 is 2.48 bits per heavy atom. The van der Waals surface area contributed by atoms with Crippen LogP contribution in [-0.2, 0) is 9.59 Å². The molecule has 4 nitrogen and oxygen atoms in total. The van der Waals surface area contributed by atoms with Gasteiger partial charge in [0.15, 0.2) is 11.6 Å². The van der Waals surface area contributed by atoms with Gasteiger partial charge in [0.05, 0.1) is 5.75 Å². The molecule has 0 bridgehead atoms. The van der Waals surface area contributed by atoms with Crippen molar-refractivity contribution in [1.82, 2.24) is 10.6 Å². The molecule has 2 aromatic rings. The predicted octanol–water partition coefficient (Wildman–Crippen LogP) is 2.97. The van der Waals surface area contributed by atoms with Gasteiger partial charge < -0.3 is 10.6 Å². The van der Waals surface area contributed by atoms with E-state index in [0.29, 0.717) is 0 Å². The first-order valence-electron chi connectivity index (χ1n) is 7.56. The van der Waals surface area contributed by atoms with Crippen molar-refractivity contribution < 1.29 is 18.4 Å². The number of amides is 2. The predicted molar refractivity (Wildman–Crippen MR) is 93.2 cm³/mol. The van der Waals surface area contributed by atoms with Gasteiger partial charge in [-0.3, -0.25) is 9.59 Å². The Balaban J connectivity index is 2.08. The Morgan fingerprint density at radius 1 is 1.12 bits per heavy atom. The van der Waals surface area contributed by atoms with E-state index in [1.165, 1.54) is 24.9 Å². The molecule has 0 radical (unpaired) electrons. The monoisotopic (exact) mass is 364 g/mol. The van der Waals surface area contributed by atoms with Crippen LogP contribution in [0.3, 0.4) is 0 Å². The van der Waals surface area contributed by atoms with E-state index in [4.69, 9.17) is 0 Å². The zero-order valence-electron chi connectivity index (χ0n) is 13.8. The second kappa shape index (κ2) is 8.62. The minimum Gasteiger partial charge on any atom is -0.357 e. The van der Waals surface area contributed by atoms with E-state index in [-0.39, 0.29) is 17.2 Å². The highest BCUT2D eigenvalue weighted by atomic mass is 32.2. The second-order valence-electron chi connectivity index (χ2n) is 5.34. The molecule has 0 aromatic heterocycles. The fourth-order valence-electron chi connectivity index (χ4n) is 2.20. The maximum Gasteiger partial charge on any atom is 0.246 e. The molecule has 7 heteroatoms. The van der Waals surface area contributed by atoms with Gasteiger partial charge >= 0.3 is 0 Å². The minimum absolute atomic E-state index is 0.0992. The van der Waals surface area contributed by atoms with Crippen molar-refractivity contribution in [2.75, 3.05) is 12.8 Å². The van der Waals surface area contributed by atoms with Gasteiger partial charge in [0.1, 0.15) is 6.04 Å². The average Bonchev–Trinajstić information content (AvgIpc) is 2.61. The van der Waals surface area contributed by atoms with Crippen LogP contribution in [0.1, 0.15) is 17.2 Å². The summed E-state index contributed by atoms with van der Waals surface area (Å²) in [5, 5.41) is 4.97. The highest BCUT2D eigenvalue weighted by molar-refractivity contribution is 8.00. The molecule has 0 aliphatic heterocycles. The number of nitrogens with one attached hydrogen (secondary N) is 2. The van der Waals surface area contributed by atoms with E-state index in [1.807, 2.05) is 31.2 Å². The first-order valence-corrected chi connectivity index (χ1v) is 8.55. The first-order chi connectivity index (χ1) is 11.9. The number of hydrogen-bond acceptors (Lipinski definition) is 3. The van der Waals surface area contributed by atoms with Crippen LogP contribution in [0, 0.1) is 18.6 Å². The molecule has 0 aliphatic rings. The number of benzene rings is 2. The van der Waals surface area contributed by atoms with Gasteiger partial charge in [-0.05, 0) is 36.2 Å². The summed E-state index contributed by atoms with van der Waals surface area (Å²) < 4.78 is 26.5. The summed E-state index contributed by atoms with van der Waals surface area (Å²) >= 11 is 1.34. The number of rotatable bonds is 6. The molecule has 0 heterocycles. The van der Waals surface area contributed by atoms with E-state index in [9.17, 15) is 18.4 Å². The molecule has 1 atom stereocenters. The smallest absolute Gasteiger partial charge is 0.246 e. The molecule has 2 amide bonds. The van der Waals surface area contributed by atoms with E-state index >= 15 is 0 Å². The van der Waals surface area contributed by atoms with Gasteiger partial charge in [-0.2, -0.15) is 0 Å². The lowest BCUT2D eigenvalue weighted by molar-refractivity contribution is -0.127. The van der Waals surface area contributed by atoms with Crippen molar-refractivity contribution in [3.8, 4) is 0 Å². The van der Waals surface area contributed by atoms with Crippen molar-refractivity contribution in [2.45, 2.75) is 17.9 Å². The van der Waals surface area contributed by atoms with Crippen molar-refractivity contribution in [2.24, 2.45) is 0 Å². The normalized spacial score (nSPS) is 11.7. The van der Waals surface area contributed by atoms with Gasteiger partial charge in [-0.15, -0.1) is 11.8 Å². The lowest BCUT2D eigenvalue weighted by Gasteiger charge is -2.18. The van der Waals surface area contributed by atoms with Crippen LogP contribution in [0.25, 0.3) is 0 Å². The van der Waals surface area contributed by atoms with E-state index in [1.54, 1.807) is 0 Å². The lowest BCUT2D eigenvalue weighted by Crippen LogP contribution is -2.39. The van der Waals surface area contributed by atoms with Crippen LogP contribution in [-0.4, -0.2) is 24.6 Å². The number of hydrogen-bond donors (Lipinski definition) is 2. The molecule has 132 valence electrons. The highest BCUT2D eigenvalue weighted by Gasteiger charge is 2.23. The highest BCUT2D eigenvalue weighted by Crippen LogP contribution is 2.22. The molecule has 0 saturated carbocycles. The van der Waals surface area contributed by atoms with E-state index < -0.39 is 23.6 Å². The third kappa shape index (κ3) is 5.03. The molecular weight excluding hydrogens is 346 g/mol. The van der Waals surface area contributed by atoms with E-state index in [0.717, 1.165) is 22.6 Å². The van der Waals surface area contributed by atoms with Crippen molar-refractivity contribution >= 4 is 23.6 Å². The van der Waals surface area contributed by atoms with Crippen LogP contribution >= 0.6 is 11.8 Å². The molecule has 2 rings (SSSR count). The topological polar surface area (TPSA) is 58.2 Å². The van der Waals surface area contributed by atoms with Gasteiger partial charge in [0, 0.05) is 11.9 Å².